The van der Waals surface area contributed by atoms with Gasteiger partial charge >= 0.3 is 0 Å². The van der Waals surface area contributed by atoms with Crippen molar-refractivity contribution in [2.75, 3.05) is 0 Å². The molecule has 11 heavy (non-hydrogen) atoms. The predicted octanol–water partition coefficient (Wildman–Crippen LogP) is 2.71. The van der Waals surface area contributed by atoms with Crippen LogP contribution in [0.5, 0.6) is 0 Å². The van der Waals surface area contributed by atoms with Gasteiger partial charge in [0.1, 0.15) is 5.82 Å². The first-order chi connectivity index (χ1) is 5.13. The van der Waals surface area contributed by atoms with Crippen molar-refractivity contribution in [3.8, 4) is 0 Å². The Bertz CT molecular complexity index is 260. The van der Waals surface area contributed by atoms with E-state index in [1.807, 2.05) is 6.92 Å². The van der Waals surface area contributed by atoms with Crippen molar-refractivity contribution in [1.29, 1.82) is 0 Å². The van der Waals surface area contributed by atoms with Crippen molar-refractivity contribution in [3.63, 3.8) is 0 Å². The Morgan fingerprint density at radius 1 is 1.55 bits per heavy atom. The van der Waals surface area contributed by atoms with Crippen molar-refractivity contribution in [1.82, 2.24) is 0 Å². The molecule has 57 valence electrons. The standard InChI is InChI=1S/C8H7ClFSi/c1-5(11)6-3-2-4-7(10)8(6)9/h2-5H,1H3. The SMILES string of the molecule is CC([Si])c1cccc(F)c1Cl. The first-order valence-corrected chi connectivity index (χ1v) is 4.23. The highest BCUT2D eigenvalue weighted by Crippen LogP contribution is 2.24. The van der Waals surface area contributed by atoms with E-state index in [0.29, 0.717) is 0 Å². The van der Waals surface area contributed by atoms with Crippen LogP contribution < -0.4 is 0 Å². The van der Waals surface area contributed by atoms with Gasteiger partial charge in [0.2, 0.25) is 0 Å². The summed E-state index contributed by atoms with van der Waals surface area (Å²) in [6.45, 7) is 1.90. The summed E-state index contributed by atoms with van der Waals surface area (Å²) in [6.07, 6.45) is 0. The Morgan fingerprint density at radius 3 is 2.64 bits per heavy atom. The zero-order chi connectivity index (χ0) is 8.43. The highest BCUT2D eigenvalue weighted by atomic mass is 35.5. The molecule has 0 bridgehead atoms. The highest BCUT2D eigenvalue weighted by Gasteiger charge is 2.07. The first kappa shape index (κ1) is 8.75. The Hall–Kier alpha value is -0.343. The fourth-order valence-electron chi connectivity index (χ4n) is 0.855. The summed E-state index contributed by atoms with van der Waals surface area (Å²) in [7, 11) is 3.37. The van der Waals surface area contributed by atoms with Crippen LogP contribution in [0.4, 0.5) is 4.39 Å². The van der Waals surface area contributed by atoms with Crippen LogP contribution in [0.2, 0.25) is 5.02 Å². The van der Waals surface area contributed by atoms with Crippen LogP contribution in [-0.4, -0.2) is 10.2 Å². The molecule has 1 atom stereocenters. The lowest BCUT2D eigenvalue weighted by molar-refractivity contribution is 0.626. The molecule has 0 aliphatic carbocycles. The van der Waals surface area contributed by atoms with E-state index in [2.05, 4.69) is 10.2 Å². The average Bonchev–Trinajstić information content (AvgIpc) is 1.94. The summed E-state index contributed by atoms with van der Waals surface area (Å²) in [4.78, 5) is 0. The van der Waals surface area contributed by atoms with Crippen molar-refractivity contribution in [3.05, 3.63) is 34.6 Å². The molecular formula is C8H7ClFSi. The Morgan fingerprint density at radius 2 is 2.18 bits per heavy atom. The summed E-state index contributed by atoms with van der Waals surface area (Å²) < 4.78 is 12.8. The van der Waals surface area contributed by atoms with E-state index >= 15 is 0 Å². The third kappa shape index (κ3) is 1.82. The van der Waals surface area contributed by atoms with Crippen LogP contribution in [0.1, 0.15) is 18.0 Å². The molecular weight excluding hydrogens is 179 g/mol. The second-order valence-corrected chi connectivity index (χ2v) is 3.61. The summed E-state index contributed by atoms with van der Waals surface area (Å²) in [5.41, 5.74) is 0.863. The van der Waals surface area contributed by atoms with Crippen LogP contribution in [0.15, 0.2) is 18.2 Å². The quantitative estimate of drug-likeness (QED) is 0.591. The van der Waals surface area contributed by atoms with Gasteiger partial charge in [-0.05, 0) is 17.2 Å². The molecule has 0 aliphatic heterocycles. The van der Waals surface area contributed by atoms with E-state index in [1.165, 1.54) is 6.07 Å². The van der Waals surface area contributed by atoms with Crippen LogP contribution in [0.25, 0.3) is 0 Å². The van der Waals surface area contributed by atoms with E-state index in [1.54, 1.807) is 12.1 Å². The number of halogens is 2. The minimum Gasteiger partial charge on any atom is -0.205 e. The van der Waals surface area contributed by atoms with Gasteiger partial charge in [-0.3, -0.25) is 0 Å². The van der Waals surface area contributed by atoms with E-state index in [9.17, 15) is 4.39 Å². The third-order valence-electron chi connectivity index (χ3n) is 1.45. The normalized spacial score (nSPS) is 13.1. The molecule has 1 aromatic rings. The molecule has 0 heterocycles. The minimum atomic E-state index is -0.366. The molecule has 0 aliphatic rings. The monoisotopic (exact) mass is 185 g/mol. The molecule has 0 aromatic heterocycles. The number of hydrogen-bond donors (Lipinski definition) is 0. The summed E-state index contributed by atoms with van der Waals surface area (Å²) in [5.74, 6) is -0.366. The van der Waals surface area contributed by atoms with Gasteiger partial charge in [-0.15, -0.1) is 0 Å². The largest absolute Gasteiger partial charge is 0.205 e. The molecule has 3 heteroatoms. The highest BCUT2D eigenvalue weighted by molar-refractivity contribution is 6.32. The molecule has 0 amide bonds. The van der Waals surface area contributed by atoms with Gasteiger partial charge in [0.25, 0.3) is 0 Å². The Balaban J connectivity index is 3.17. The zero-order valence-electron chi connectivity index (χ0n) is 6.07. The molecule has 0 spiro atoms. The second kappa shape index (κ2) is 3.37. The zero-order valence-corrected chi connectivity index (χ0v) is 7.82. The minimum absolute atomic E-state index is 0.0817. The molecule has 0 fully saturated rings. The Labute approximate surface area is 73.8 Å². The number of rotatable bonds is 1. The molecule has 1 aromatic carbocycles. The van der Waals surface area contributed by atoms with Crippen molar-refractivity contribution < 1.29 is 4.39 Å². The van der Waals surface area contributed by atoms with Gasteiger partial charge in [-0.1, -0.05) is 30.7 Å². The second-order valence-electron chi connectivity index (χ2n) is 2.36. The van der Waals surface area contributed by atoms with Crippen LogP contribution >= 0.6 is 11.6 Å². The third-order valence-corrected chi connectivity index (χ3v) is 2.16. The molecule has 0 saturated carbocycles. The van der Waals surface area contributed by atoms with Gasteiger partial charge in [0.05, 0.1) is 5.02 Å². The maximum atomic E-state index is 12.8. The van der Waals surface area contributed by atoms with E-state index < -0.39 is 0 Å². The maximum Gasteiger partial charge on any atom is 0.142 e. The van der Waals surface area contributed by atoms with Crippen molar-refractivity contribution in [2.45, 2.75) is 12.5 Å². The van der Waals surface area contributed by atoms with Gasteiger partial charge < -0.3 is 0 Å². The van der Waals surface area contributed by atoms with E-state index in [-0.39, 0.29) is 16.4 Å². The van der Waals surface area contributed by atoms with E-state index in [0.717, 1.165) is 5.56 Å². The molecule has 0 nitrogen and oxygen atoms in total. The molecule has 0 N–H and O–H groups in total. The fraction of sp³-hybridized carbons (Fsp3) is 0.250. The van der Waals surface area contributed by atoms with Gasteiger partial charge in [0.15, 0.2) is 0 Å². The van der Waals surface area contributed by atoms with Crippen LogP contribution in [0.3, 0.4) is 0 Å². The lowest BCUT2D eigenvalue weighted by Gasteiger charge is -2.06. The molecule has 1 unspecified atom stereocenters. The van der Waals surface area contributed by atoms with Crippen molar-refractivity contribution >= 4 is 21.8 Å². The smallest absolute Gasteiger partial charge is 0.142 e. The lowest BCUT2D eigenvalue weighted by atomic mass is 10.1. The maximum absolute atomic E-state index is 12.8. The average molecular weight is 186 g/mol. The molecule has 0 saturated heterocycles. The number of hydrogen-bond acceptors (Lipinski definition) is 0. The van der Waals surface area contributed by atoms with Crippen LogP contribution in [-0.2, 0) is 0 Å². The Kier molecular flexibility index (Phi) is 2.68. The van der Waals surface area contributed by atoms with Gasteiger partial charge in [-0.25, -0.2) is 4.39 Å². The predicted molar refractivity (Wildman–Crippen MR) is 45.6 cm³/mol. The van der Waals surface area contributed by atoms with Crippen molar-refractivity contribution in [2.24, 2.45) is 0 Å². The summed E-state index contributed by atoms with van der Waals surface area (Å²) in [5, 5.41) is 0.204. The topological polar surface area (TPSA) is 0 Å². The fourth-order valence-corrected chi connectivity index (χ4v) is 1.48. The molecule has 1 rings (SSSR count). The van der Waals surface area contributed by atoms with Gasteiger partial charge in [0, 0.05) is 10.2 Å². The lowest BCUT2D eigenvalue weighted by Crippen LogP contribution is -1.94. The first-order valence-electron chi connectivity index (χ1n) is 3.28. The van der Waals surface area contributed by atoms with E-state index in [4.69, 9.17) is 11.6 Å². The summed E-state index contributed by atoms with van der Waals surface area (Å²) >= 11 is 5.68. The van der Waals surface area contributed by atoms with Gasteiger partial charge in [-0.2, -0.15) is 0 Å². The molecule has 3 radical (unpaired) electrons. The number of benzene rings is 1. The summed E-state index contributed by atoms with van der Waals surface area (Å²) in [6, 6.07) is 4.79. The van der Waals surface area contributed by atoms with Crippen LogP contribution in [0, 0.1) is 5.82 Å².